The van der Waals surface area contributed by atoms with Crippen LogP contribution in [0.2, 0.25) is 10.0 Å². The molecular weight excluding hydrogens is 457 g/mol. The number of rotatable bonds is 5. The minimum atomic E-state index is -3.97. The number of halogens is 2. The molecule has 0 fully saturated rings. The number of phenolic OH excluding ortho intramolecular Hbond substituents is 1. The summed E-state index contributed by atoms with van der Waals surface area (Å²) in [6.45, 7) is 0. The van der Waals surface area contributed by atoms with Crippen molar-refractivity contribution in [2.75, 3.05) is 4.72 Å². The van der Waals surface area contributed by atoms with E-state index in [1.165, 1.54) is 24.3 Å². The average molecular weight is 468 g/mol. The molecule has 0 spiro atoms. The molecule has 1 heterocycles. The van der Waals surface area contributed by atoms with Crippen molar-refractivity contribution in [3.05, 3.63) is 58.6 Å². The minimum absolute atomic E-state index is 0.0205. The highest BCUT2D eigenvalue weighted by Crippen LogP contribution is 2.42. The Morgan fingerprint density at radius 2 is 1.79 bits per heavy atom. The first-order valence-corrected chi connectivity index (χ1v) is 11.0. The van der Waals surface area contributed by atoms with Gasteiger partial charge in [0.05, 0.1) is 25.5 Å². The zero-order valence-corrected chi connectivity index (χ0v) is 17.4. The summed E-state index contributed by atoms with van der Waals surface area (Å²) in [5.74, 6) is -0.0205. The van der Waals surface area contributed by atoms with Crippen molar-refractivity contribution in [3.63, 3.8) is 0 Å². The molecule has 0 aliphatic heterocycles. The maximum absolute atomic E-state index is 12.9. The SMILES string of the molecule is O=S(=O)(Nc1cc(Sc2nn[nH]n2)c(O)c2ccccc12)c1ccc(Cl)c(Cl)c1. The van der Waals surface area contributed by atoms with Gasteiger partial charge in [-0.1, -0.05) is 47.5 Å². The van der Waals surface area contributed by atoms with Gasteiger partial charge in [-0.3, -0.25) is 4.72 Å². The number of benzene rings is 3. The molecule has 3 aromatic carbocycles. The number of aromatic hydroxyl groups is 1. The molecule has 0 bridgehead atoms. The van der Waals surface area contributed by atoms with Gasteiger partial charge < -0.3 is 5.11 Å². The van der Waals surface area contributed by atoms with Gasteiger partial charge in [0.25, 0.3) is 10.0 Å². The van der Waals surface area contributed by atoms with Gasteiger partial charge in [0, 0.05) is 10.8 Å². The minimum Gasteiger partial charge on any atom is -0.506 e. The normalized spacial score (nSPS) is 11.7. The van der Waals surface area contributed by atoms with Crippen molar-refractivity contribution >= 4 is 61.4 Å². The molecule has 0 aliphatic rings. The van der Waals surface area contributed by atoms with Gasteiger partial charge in [-0.2, -0.15) is 5.21 Å². The number of nitrogens with zero attached hydrogens (tertiary/aromatic N) is 3. The maximum Gasteiger partial charge on any atom is 0.261 e. The number of tetrazole rings is 1. The van der Waals surface area contributed by atoms with Crippen molar-refractivity contribution in [1.29, 1.82) is 0 Å². The molecule has 0 aliphatic carbocycles. The van der Waals surface area contributed by atoms with Crippen LogP contribution in [-0.4, -0.2) is 34.1 Å². The second kappa shape index (κ2) is 7.71. The molecule has 148 valence electrons. The van der Waals surface area contributed by atoms with E-state index in [0.717, 1.165) is 11.8 Å². The number of nitrogens with one attached hydrogen (secondary N) is 2. The number of phenols is 1. The highest BCUT2D eigenvalue weighted by molar-refractivity contribution is 7.99. The molecule has 0 amide bonds. The van der Waals surface area contributed by atoms with Crippen LogP contribution in [0.4, 0.5) is 5.69 Å². The number of hydrogen-bond donors (Lipinski definition) is 3. The first kappa shape index (κ1) is 19.8. The van der Waals surface area contributed by atoms with Crippen LogP contribution in [0.5, 0.6) is 5.75 Å². The summed E-state index contributed by atoms with van der Waals surface area (Å²) in [7, 11) is -3.97. The summed E-state index contributed by atoms with van der Waals surface area (Å²) in [5, 5.41) is 25.7. The van der Waals surface area contributed by atoms with Crippen molar-refractivity contribution in [3.8, 4) is 5.75 Å². The largest absolute Gasteiger partial charge is 0.506 e. The molecule has 4 rings (SSSR count). The van der Waals surface area contributed by atoms with Gasteiger partial charge in [0.2, 0.25) is 5.16 Å². The predicted octanol–water partition coefficient (Wildman–Crippen LogP) is 4.32. The van der Waals surface area contributed by atoms with Crippen LogP contribution in [0, 0.1) is 0 Å². The summed E-state index contributed by atoms with van der Waals surface area (Å²) >= 11 is 12.9. The highest BCUT2D eigenvalue weighted by atomic mass is 35.5. The van der Waals surface area contributed by atoms with Crippen LogP contribution >= 0.6 is 35.0 Å². The maximum atomic E-state index is 12.9. The van der Waals surface area contributed by atoms with E-state index in [-0.39, 0.29) is 31.5 Å². The molecule has 1 aromatic heterocycles. The summed E-state index contributed by atoms with van der Waals surface area (Å²) in [4.78, 5) is 0.313. The van der Waals surface area contributed by atoms with Crippen molar-refractivity contribution in [1.82, 2.24) is 20.6 Å². The van der Waals surface area contributed by atoms with E-state index in [0.29, 0.717) is 15.7 Å². The Morgan fingerprint density at radius 1 is 1.03 bits per heavy atom. The molecule has 4 aromatic rings. The molecule has 0 atom stereocenters. The van der Waals surface area contributed by atoms with Crippen molar-refractivity contribution in [2.24, 2.45) is 0 Å². The van der Waals surface area contributed by atoms with E-state index in [2.05, 4.69) is 25.3 Å². The van der Waals surface area contributed by atoms with Gasteiger partial charge in [-0.25, -0.2) is 8.42 Å². The Kier molecular flexibility index (Phi) is 5.26. The zero-order chi connectivity index (χ0) is 20.6. The predicted molar refractivity (Wildman–Crippen MR) is 111 cm³/mol. The fourth-order valence-corrected chi connectivity index (χ4v) is 4.85. The number of aromatic amines is 1. The molecule has 3 N–H and O–H groups in total. The van der Waals surface area contributed by atoms with E-state index in [1.54, 1.807) is 24.3 Å². The van der Waals surface area contributed by atoms with Crippen LogP contribution in [0.3, 0.4) is 0 Å². The standard InChI is InChI=1S/C17H11Cl2N5O3S2/c18-12-6-5-9(7-13(12)19)29(26,27)22-14-8-15(28-17-20-23-24-21-17)16(25)11-4-2-1-3-10(11)14/h1-8,22,25H,(H,20,21,23,24). The lowest BCUT2D eigenvalue weighted by Gasteiger charge is -2.14. The van der Waals surface area contributed by atoms with Crippen LogP contribution in [-0.2, 0) is 10.0 Å². The first-order chi connectivity index (χ1) is 13.8. The monoisotopic (exact) mass is 467 g/mol. The van der Waals surface area contributed by atoms with Gasteiger partial charge in [-0.15, -0.1) is 10.2 Å². The number of anilines is 1. The van der Waals surface area contributed by atoms with Gasteiger partial charge >= 0.3 is 0 Å². The van der Waals surface area contributed by atoms with Gasteiger partial charge in [0.15, 0.2) is 0 Å². The highest BCUT2D eigenvalue weighted by Gasteiger charge is 2.20. The third-order valence-corrected chi connectivity index (χ3v) is 6.94. The third-order valence-electron chi connectivity index (χ3n) is 3.95. The fourth-order valence-electron chi connectivity index (χ4n) is 2.64. The van der Waals surface area contributed by atoms with Crippen LogP contribution < -0.4 is 4.72 Å². The Morgan fingerprint density at radius 3 is 2.48 bits per heavy atom. The Hall–Kier alpha value is -2.53. The number of sulfonamides is 1. The van der Waals surface area contributed by atoms with Crippen molar-refractivity contribution in [2.45, 2.75) is 14.9 Å². The third kappa shape index (κ3) is 3.97. The summed E-state index contributed by atoms with van der Waals surface area (Å²) in [6.07, 6.45) is 0. The van der Waals surface area contributed by atoms with Crippen LogP contribution in [0.15, 0.2) is 63.5 Å². The second-order valence-corrected chi connectivity index (χ2v) is 9.30. The smallest absolute Gasteiger partial charge is 0.261 e. The molecule has 12 heteroatoms. The number of fused-ring (bicyclic) bond motifs is 1. The second-order valence-electron chi connectivity index (χ2n) is 5.79. The van der Waals surface area contributed by atoms with E-state index >= 15 is 0 Å². The van der Waals surface area contributed by atoms with E-state index in [1.807, 2.05) is 0 Å². The Balaban J connectivity index is 1.82. The topological polar surface area (TPSA) is 121 Å². The summed E-state index contributed by atoms with van der Waals surface area (Å²) < 4.78 is 28.4. The fraction of sp³-hybridized carbons (Fsp3) is 0. The van der Waals surface area contributed by atoms with Crippen LogP contribution in [0.25, 0.3) is 10.8 Å². The summed E-state index contributed by atoms with van der Waals surface area (Å²) in [5.41, 5.74) is 0.274. The molecule has 0 radical (unpaired) electrons. The Labute approximate surface area is 179 Å². The molecule has 0 unspecified atom stereocenters. The number of aromatic nitrogens is 4. The molecule has 0 saturated carbocycles. The van der Waals surface area contributed by atoms with Crippen LogP contribution in [0.1, 0.15) is 0 Å². The first-order valence-electron chi connectivity index (χ1n) is 7.99. The number of hydrogen-bond acceptors (Lipinski definition) is 7. The van der Waals surface area contributed by atoms with E-state index in [4.69, 9.17) is 23.2 Å². The van der Waals surface area contributed by atoms with Gasteiger partial charge in [0.1, 0.15) is 5.75 Å². The lowest BCUT2D eigenvalue weighted by molar-refractivity contribution is 0.469. The average Bonchev–Trinajstić information content (AvgIpc) is 3.20. The van der Waals surface area contributed by atoms with E-state index in [9.17, 15) is 13.5 Å². The molecular formula is C17H11Cl2N5O3S2. The lowest BCUT2D eigenvalue weighted by atomic mass is 10.1. The lowest BCUT2D eigenvalue weighted by Crippen LogP contribution is -2.13. The van der Waals surface area contributed by atoms with Crippen molar-refractivity contribution < 1.29 is 13.5 Å². The zero-order valence-electron chi connectivity index (χ0n) is 14.3. The Bertz CT molecular complexity index is 1310. The molecule has 8 nitrogen and oxygen atoms in total. The summed E-state index contributed by atoms with van der Waals surface area (Å²) in [6, 6.07) is 12.4. The number of H-pyrrole nitrogens is 1. The van der Waals surface area contributed by atoms with Gasteiger partial charge in [-0.05, 0) is 41.2 Å². The van der Waals surface area contributed by atoms with E-state index < -0.39 is 10.0 Å². The quantitative estimate of drug-likeness (QED) is 0.373. The molecule has 0 saturated heterocycles. The molecule has 29 heavy (non-hydrogen) atoms.